The number of aromatic amines is 1. The van der Waals surface area contributed by atoms with E-state index < -0.39 is 5.97 Å². The van der Waals surface area contributed by atoms with Gasteiger partial charge in [0.05, 0.1) is 0 Å². The fraction of sp³-hybridized carbons (Fsp3) is 0. The summed E-state index contributed by atoms with van der Waals surface area (Å²) in [5.41, 5.74) is 0. The Labute approximate surface area is 100 Å². The average Bonchev–Trinajstić information content (AvgIpc) is 2.12. The minimum atomic E-state index is -1.16. The van der Waals surface area contributed by atoms with Gasteiger partial charge in [0.15, 0.2) is 0 Å². The second-order valence-corrected chi connectivity index (χ2v) is 1.06. The van der Waals surface area contributed by atoms with Gasteiger partial charge < -0.3 is 5.11 Å². The third-order valence-electron chi connectivity index (χ3n) is 0.548. The number of tetrazole rings is 1. The van der Waals surface area contributed by atoms with Crippen molar-refractivity contribution in [1.29, 1.82) is 0 Å². The molecule has 8 heteroatoms. The number of hydrogen-bond donors (Lipinski definition) is 2. The Bertz CT molecular complexity index is 187. The molecule has 0 radical (unpaired) electrons. The van der Waals surface area contributed by atoms with Gasteiger partial charge in [-0.1, -0.05) is 0 Å². The van der Waals surface area contributed by atoms with Gasteiger partial charge in [0.1, 0.15) is 0 Å². The number of nitrogens with zero attached hydrogens (tertiary/aromatic N) is 3. The summed E-state index contributed by atoms with van der Waals surface area (Å²) in [7, 11) is 0. The molecule has 10 heavy (non-hydrogen) atoms. The van der Waals surface area contributed by atoms with Crippen molar-refractivity contribution < 1.29 is 9.90 Å². The topological polar surface area (TPSA) is 91.8 Å². The third kappa shape index (κ3) is 3.65. The zero-order valence-electron chi connectivity index (χ0n) is 3.70. The molecular formula is C2H4N4Na2O2. The molecule has 0 atom stereocenters. The Morgan fingerprint density at radius 1 is 1.50 bits per heavy atom. The van der Waals surface area contributed by atoms with Crippen LogP contribution in [-0.4, -0.2) is 90.8 Å². The van der Waals surface area contributed by atoms with E-state index >= 15 is 0 Å². The molecule has 1 rings (SSSR count). The maximum atomic E-state index is 9.89. The van der Waals surface area contributed by atoms with E-state index in [-0.39, 0.29) is 64.9 Å². The molecule has 0 saturated carbocycles. The average molecular weight is 162 g/mol. The fourth-order valence-corrected chi connectivity index (χ4v) is 0.250. The molecule has 1 aromatic rings. The van der Waals surface area contributed by atoms with Crippen LogP contribution in [0.1, 0.15) is 10.6 Å². The molecule has 0 spiro atoms. The molecule has 0 aromatic carbocycles. The Kier molecular flexibility index (Phi) is 8.24. The Hall–Kier alpha value is 0.540. The number of aromatic nitrogens is 4. The van der Waals surface area contributed by atoms with Crippen molar-refractivity contribution in [3.05, 3.63) is 5.82 Å². The molecule has 1 aromatic heterocycles. The first-order chi connectivity index (χ1) is 3.80. The number of carbonyl (C=O) groups is 1. The van der Waals surface area contributed by atoms with Crippen LogP contribution in [0.25, 0.3) is 0 Å². The van der Waals surface area contributed by atoms with Crippen molar-refractivity contribution in [1.82, 2.24) is 20.6 Å². The fourth-order valence-electron chi connectivity index (χ4n) is 0.250. The van der Waals surface area contributed by atoms with Crippen molar-refractivity contribution >= 4 is 65.1 Å². The first-order valence-electron chi connectivity index (χ1n) is 1.77. The Morgan fingerprint density at radius 2 is 2.10 bits per heavy atom. The van der Waals surface area contributed by atoms with E-state index in [4.69, 9.17) is 5.11 Å². The van der Waals surface area contributed by atoms with Crippen molar-refractivity contribution in [2.75, 3.05) is 0 Å². The number of rotatable bonds is 1. The van der Waals surface area contributed by atoms with Gasteiger partial charge in [0.25, 0.3) is 5.82 Å². The SMILES string of the molecule is O=C(O)c1nnn[nH]1.[NaH].[NaH]. The second kappa shape index (κ2) is 6.26. The summed E-state index contributed by atoms with van der Waals surface area (Å²) in [5.74, 6) is -1.40. The van der Waals surface area contributed by atoms with Gasteiger partial charge in [-0.15, -0.1) is 5.10 Å². The van der Waals surface area contributed by atoms with Gasteiger partial charge in [-0.05, 0) is 10.4 Å². The van der Waals surface area contributed by atoms with E-state index in [9.17, 15) is 4.79 Å². The van der Waals surface area contributed by atoms with Crippen molar-refractivity contribution in [3.8, 4) is 0 Å². The summed E-state index contributed by atoms with van der Waals surface area (Å²) in [6.07, 6.45) is 0. The number of hydrogen-bond acceptors (Lipinski definition) is 4. The van der Waals surface area contributed by atoms with Crippen molar-refractivity contribution in [2.45, 2.75) is 0 Å². The summed E-state index contributed by atoms with van der Waals surface area (Å²) < 4.78 is 0. The van der Waals surface area contributed by atoms with Gasteiger partial charge in [-0.25, -0.2) is 9.89 Å². The number of nitrogens with one attached hydrogen (secondary N) is 1. The van der Waals surface area contributed by atoms with E-state index in [0.717, 1.165) is 0 Å². The molecule has 0 saturated heterocycles. The van der Waals surface area contributed by atoms with Gasteiger partial charge in [0.2, 0.25) is 0 Å². The van der Waals surface area contributed by atoms with Crippen LogP contribution in [0.5, 0.6) is 0 Å². The van der Waals surface area contributed by atoms with Gasteiger partial charge >= 0.3 is 65.1 Å². The summed E-state index contributed by atoms with van der Waals surface area (Å²) >= 11 is 0. The standard InChI is InChI=1S/C2H2N4O2.2Na.2H/c7-2(8)1-3-5-6-4-1;;;;/h(H,7,8)(H,3,4,5,6);;;;. The van der Waals surface area contributed by atoms with E-state index in [1.54, 1.807) is 0 Å². The molecule has 0 unspecified atom stereocenters. The predicted octanol–water partition coefficient (Wildman–Crippen LogP) is -2.40. The molecule has 46 valence electrons. The van der Waals surface area contributed by atoms with Gasteiger partial charge in [0, 0.05) is 0 Å². The van der Waals surface area contributed by atoms with Gasteiger partial charge in [-0.2, -0.15) is 0 Å². The zero-order chi connectivity index (χ0) is 5.98. The summed E-state index contributed by atoms with van der Waals surface area (Å²) in [5, 5.41) is 19.3. The predicted molar refractivity (Wildman–Crippen MR) is 35.4 cm³/mol. The normalized spacial score (nSPS) is 7.20. The Balaban J connectivity index is 0. The zero-order valence-corrected chi connectivity index (χ0v) is 3.70. The molecule has 0 bridgehead atoms. The minimum absolute atomic E-state index is 0. The number of carboxylic acids is 1. The number of aromatic carboxylic acids is 1. The molecular weight excluding hydrogens is 158 g/mol. The van der Waals surface area contributed by atoms with Crippen molar-refractivity contribution in [2.24, 2.45) is 0 Å². The quantitative estimate of drug-likeness (QED) is 0.449. The summed E-state index contributed by atoms with van der Waals surface area (Å²) in [4.78, 5) is 9.89. The van der Waals surface area contributed by atoms with Crippen LogP contribution in [-0.2, 0) is 0 Å². The summed E-state index contributed by atoms with van der Waals surface area (Å²) in [6.45, 7) is 0. The molecule has 6 nitrogen and oxygen atoms in total. The molecule has 2 N–H and O–H groups in total. The van der Waals surface area contributed by atoms with Crippen LogP contribution in [0.4, 0.5) is 0 Å². The molecule has 0 aliphatic rings. The van der Waals surface area contributed by atoms with E-state index in [2.05, 4.69) is 20.6 Å². The van der Waals surface area contributed by atoms with Crippen molar-refractivity contribution in [3.63, 3.8) is 0 Å². The van der Waals surface area contributed by atoms with Crippen LogP contribution in [0.2, 0.25) is 0 Å². The first kappa shape index (κ1) is 13.2. The molecule has 0 fully saturated rings. The maximum absolute atomic E-state index is 9.89. The van der Waals surface area contributed by atoms with Crippen LogP contribution < -0.4 is 0 Å². The third-order valence-corrected chi connectivity index (χ3v) is 0.548. The van der Waals surface area contributed by atoms with E-state index in [1.165, 1.54) is 0 Å². The molecule has 1 heterocycles. The first-order valence-corrected chi connectivity index (χ1v) is 1.77. The monoisotopic (exact) mass is 162 g/mol. The summed E-state index contributed by atoms with van der Waals surface area (Å²) in [6, 6.07) is 0. The molecule has 0 amide bonds. The van der Waals surface area contributed by atoms with E-state index in [0.29, 0.717) is 0 Å². The Morgan fingerprint density at radius 3 is 2.30 bits per heavy atom. The molecule has 0 aliphatic carbocycles. The van der Waals surface area contributed by atoms with Crippen LogP contribution in [0, 0.1) is 0 Å². The van der Waals surface area contributed by atoms with Crippen LogP contribution in [0.15, 0.2) is 0 Å². The number of carboxylic acid groups (broad SMARTS) is 1. The van der Waals surface area contributed by atoms with Crippen LogP contribution >= 0.6 is 0 Å². The van der Waals surface area contributed by atoms with Gasteiger partial charge in [-0.3, -0.25) is 0 Å². The van der Waals surface area contributed by atoms with Crippen LogP contribution in [0.3, 0.4) is 0 Å². The van der Waals surface area contributed by atoms with E-state index in [1.807, 2.05) is 0 Å². The molecule has 0 aliphatic heterocycles. The second-order valence-electron chi connectivity index (χ2n) is 1.06. The number of H-pyrrole nitrogens is 1.